The summed E-state index contributed by atoms with van der Waals surface area (Å²) in [5.74, 6) is 0. The van der Waals surface area contributed by atoms with Crippen LogP contribution in [0.2, 0.25) is 0 Å². The number of rotatable bonds is 1. The Hall–Kier alpha value is -0.820. The third-order valence-electron chi connectivity index (χ3n) is 2.55. The maximum absolute atomic E-state index is 12.4. The monoisotopic (exact) mass is 251 g/mol. The fourth-order valence-electron chi connectivity index (χ4n) is 1.54. The van der Waals surface area contributed by atoms with E-state index in [4.69, 9.17) is 0 Å². The van der Waals surface area contributed by atoms with Gasteiger partial charge in [-0.25, -0.2) is 4.98 Å². The SMILES string of the molecule is CN1CCN(c2ncc(C(F)(F)F)s2)CC1. The van der Waals surface area contributed by atoms with Gasteiger partial charge in [-0.2, -0.15) is 13.2 Å². The second kappa shape index (κ2) is 4.21. The molecule has 0 aliphatic carbocycles. The Bertz CT molecular complexity index is 355. The molecule has 0 N–H and O–H groups in total. The fourth-order valence-corrected chi connectivity index (χ4v) is 2.37. The van der Waals surface area contributed by atoms with Crippen molar-refractivity contribution in [2.24, 2.45) is 0 Å². The standard InChI is InChI=1S/C9H12F3N3S/c1-14-2-4-15(5-3-14)8-13-6-7(16-8)9(10,11)12/h6H,2-5H2,1H3. The number of hydrogen-bond acceptors (Lipinski definition) is 4. The quantitative estimate of drug-likeness (QED) is 0.760. The van der Waals surface area contributed by atoms with E-state index < -0.39 is 11.1 Å². The first-order valence-corrected chi connectivity index (χ1v) is 5.75. The minimum absolute atomic E-state index is 0.473. The summed E-state index contributed by atoms with van der Waals surface area (Å²) in [6.45, 7) is 3.20. The van der Waals surface area contributed by atoms with Crippen molar-refractivity contribution < 1.29 is 13.2 Å². The number of alkyl halides is 3. The van der Waals surface area contributed by atoms with Gasteiger partial charge >= 0.3 is 6.18 Å². The average molecular weight is 251 g/mol. The van der Waals surface area contributed by atoms with Crippen LogP contribution in [0, 0.1) is 0 Å². The van der Waals surface area contributed by atoms with Gasteiger partial charge in [0.05, 0.1) is 6.20 Å². The lowest BCUT2D eigenvalue weighted by atomic mass is 10.3. The van der Waals surface area contributed by atoms with Crippen molar-refractivity contribution in [3.8, 4) is 0 Å². The van der Waals surface area contributed by atoms with E-state index in [0.717, 1.165) is 43.7 Å². The van der Waals surface area contributed by atoms with Gasteiger partial charge in [0.2, 0.25) is 0 Å². The molecule has 3 nitrogen and oxygen atoms in total. The molecule has 1 aliphatic heterocycles. The topological polar surface area (TPSA) is 19.4 Å². The highest BCUT2D eigenvalue weighted by Crippen LogP contribution is 2.36. The number of halogens is 3. The normalized spacial score (nSPS) is 19.1. The molecule has 0 amide bonds. The minimum Gasteiger partial charge on any atom is -0.346 e. The fraction of sp³-hybridized carbons (Fsp3) is 0.667. The van der Waals surface area contributed by atoms with Crippen LogP contribution in [0.25, 0.3) is 0 Å². The number of piperazine rings is 1. The molecule has 90 valence electrons. The Morgan fingerprint density at radius 1 is 1.25 bits per heavy atom. The van der Waals surface area contributed by atoms with Crippen LogP contribution in [0.15, 0.2) is 6.20 Å². The molecule has 0 radical (unpaired) electrons. The molecule has 0 aromatic carbocycles. The summed E-state index contributed by atoms with van der Waals surface area (Å²) >= 11 is 0.719. The van der Waals surface area contributed by atoms with Crippen LogP contribution in [0.5, 0.6) is 0 Å². The molecule has 0 bridgehead atoms. The molecular formula is C9H12F3N3S. The van der Waals surface area contributed by atoms with E-state index in [1.165, 1.54) is 0 Å². The maximum Gasteiger partial charge on any atom is 0.427 e. The zero-order valence-electron chi connectivity index (χ0n) is 8.79. The molecule has 2 rings (SSSR count). The van der Waals surface area contributed by atoms with Gasteiger partial charge in [-0.3, -0.25) is 0 Å². The first-order valence-electron chi connectivity index (χ1n) is 4.93. The van der Waals surface area contributed by atoms with Crippen LogP contribution >= 0.6 is 11.3 Å². The van der Waals surface area contributed by atoms with Crippen LogP contribution in [0.3, 0.4) is 0 Å². The third-order valence-corrected chi connectivity index (χ3v) is 3.65. The number of aromatic nitrogens is 1. The highest BCUT2D eigenvalue weighted by Gasteiger charge is 2.34. The van der Waals surface area contributed by atoms with Gasteiger partial charge in [0.1, 0.15) is 4.88 Å². The lowest BCUT2D eigenvalue weighted by Crippen LogP contribution is -2.44. The lowest BCUT2D eigenvalue weighted by molar-refractivity contribution is -0.134. The predicted molar refractivity (Wildman–Crippen MR) is 56.8 cm³/mol. The molecule has 0 saturated carbocycles. The summed E-state index contributed by atoms with van der Waals surface area (Å²) in [4.78, 5) is 7.26. The first-order chi connectivity index (χ1) is 7.47. The molecule has 7 heteroatoms. The Morgan fingerprint density at radius 3 is 2.38 bits per heavy atom. The van der Waals surface area contributed by atoms with Gasteiger partial charge in [-0.05, 0) is 7.05 Å². The van der Waals surface area contributed by atoms with E-state index in [2.05, 4.69) is 9.88 Å². The smallest absolute Gasteiger partial charge is 0.346 e. The number of hydrogen-bond donors (Lipinski definition) is 0. The molecule has 0 unspecified atom stereocenters. The van der Waals surface area contributed by atoms with Crippen LogP contribution in [-0.2, 0) is 6.18 Å². The van der Waals surface area contributed by atoms with Crippen LogP contribution in [-0.4, -0.2) is 43.1 Å². The molecule has 1 aromatic heterocycles. The third kappa shape index (κ3) is 2.46. The molecule has 1 aromatic rings. The molecule has 1 fully saturated rings. The van der Waals surface area contributed by atoms with Crippen LogP contribution in [0.4, 0.5) is 18.3 Å². The van der Waals surface area contributed by atoms with Crippen molar-refractivity contribution in [1.29, 1.82) is 0 Å². The molecule has 1 saturated heterocycles. The second-order valence-corrected chi connectivity index (χ2v) is 4.80. The highest BCUT2D eigenvalue weighted by atomic mass is 32.1. The number of anilines is 1. The summed E-state index contributed by atoms with van der Waals surface area (Å²) in [6, 6.07) is 0. The molecule has 2 heterocycles. The van der Waals surface area contributed by atoms with Crippen molar-refractivity contribution in [2.75, 3.05) is 38.1 Å². The van der Waals surface area contributed by atoms with Gasteiger partial charge in [0.15, 0.2) is 5.13 Å². The van der Waals surface area contributed by atoms with E-state index in [-0.39, 0.29) is 0 Å². The van der Waals surface area contributed by atoms with Gasteiger partial charge in [-0.1, -0.05) is 11.3 Å². The van der Waals surface area contributed by atoms with Gasteiger partial charge in [0, 0.05) is 26.2 Å². The predicted octanol–water partition coefficient (Wildman–Crippen LogP) is 1.91. The zero-order valence-corrected chi connectivity index (χ0v) is 9.61. The van der Waals surface area contributed by atoms with Crippen LogP contribution < -0.4 is 4.90 Å². The van der Waals surface area contributed by atoms with Crippen molar-refractivity contribution >= 4 is 16.5 Å². The summed E-state index contributed by atoms with van der Waals surface area (Å²) in [7, 11) is 2.00. The highest BCUT2D eigenvalue weighted by molar-refractivity contribution is 7.15. The van der Waals surface area contributed by atoms with Crippen molar-refractivity contribution in [2.45, 2.75) is 6.18 Å². The van der Waals surface area contributed by atoms with Crippen LogP contribution in [0.1, 0.15) is 4.88 Å². The Morgan fingerprint density at radius 2 is 1.88 bits per heavy atom. The van der Waals surface area contributed by atoms with Gasteiger partial charge < -0.3 is 9.80 Å². The largest absolute Gasteiger partial charge is 0.427 e. The van der Waals surface area contributed by atoms with Crippen molar-refractivity contribution in [1.82, 2.24) is 9.88 Å². The van der Waals surface area contributed by atoms with Gasteiger partial charge in [-0.15, -0.1) is 0 Å². The Kier molecular flexibility index (Phi) is 3.07. The Balaban J connectivity index is 2.08. The summed E-state index contributed by atoms with van der Waals surface area (Å²) in [5, 5.41) is 0.473. The van der Waals surface area contributed by atoms with E-state index in [9.17, 15) is 13.2 Å². The van der Waals surface area contributed by atoms with Gasteiger partial charge in [0.25, 0.3) is 0 Å². The number of nitrogens with zero attached hydrogens (tertiary/aromatic N) is 3. The molecule has 0 atom stereocenters. The summed E-state index contributed by atoms with van der Waals surface area (Å²) in [5.41, 5.74) is 0. The molecular weight excluding hydrogens is 239 g/mol. The minimum atomic E-state index is -4.28. The zero-order chi connectivity index (χ0) is 11.8. The maximum atomic E-state index is 12.4. The van der Waals surface area contributed by atoms with E-state index in [1.807, 2.05) is 11.9 Å². The average Bonchev–Trinajstić information content (AvgIpc) is 2.67. The molecule has 1 aliphatic rings. The first kappa shape index (κ1) is 11.7. The van der Waals surface area contributed by atoms with Crippen molar-refractivity contribution in [3.05, 3.63) is 11.1 Å². The Labute approximate surface area is 95.5 Å². The summed E-state index contributed by atoms with van der Waals surface area (Å²) < 4.78 is 37.1. The van der Waals surface area contributed by atoms with E-state index >= 15 is 0 Å². The number of thiazole rings is 1. The molecule has 16 heavy (non-hydrogen) atoms. The summed E-state index contributed by atoms with van der Waals surface area (Å²) in [6.07, 6.45) is -3.36. The molecule has 0 spiro atoms. The second-order valence-electron chi connectivity index (χ2n) is 3.80. The van der Waals surface area contributed by atoms with E-state index in [1.54, 1.807) is 0 Å². The van der Waals surface area contributed by atoms with E-state index in [0.29, 0.717) is 5.13 Å². The number of likely N-dealkylation sites (N-methyl/N-ethyl adjacent to an activating group) is 1. The van der Waals surface area contributed by atoms with Crippen molar-refractivity contribution in [3.63, 3.8) is 0 Å². The lowest BCUT2D eigenvalue weighted by Gasteiger charge is -2.32.